The quantitative estimate of drug-likeness (QED) is 0.941. The molecule has 3 rings (SSSR count). The van der Waals surface area contributed by atoms with Gasteiger partial charge >= 0.3 is 0 Å². The molecule has 0 spiro atoms. The molecule has 1 aliphatic heterocycles. The van der Waals surface area contributed by atoms with E-state index in [0.29, 0.717) is 12.4 Å². The second-order valence-corrected chi connectivity index (χ2v) is 6.19. The van der Waals surface area contributed by atoms with Crippen molar-refractivity contribution in [3.05, 3.63) is 41.8 Å². The monoisotopic (exact) mass is 285 g/mol. The van der Waals surface area contributed by atoms with Crippen molar-refractivity contribution in [2.24, 2.45) is 5.73 Å². The highest BCUT2D eigenvalue weighted by Gasteiger charge is 2.36. The molecule has 1 fully saturated rings. The minimum atomic E-state index is -0.0288. The summed E-state index contributed by atoms with van der Waals surface area (Å²) in [6.45, 7) is 4.82. The van der Waals surface area contributed by atoms with Crippen molar-refractivity contribution in [2.45, 2.75) is 25.2 Å². The van der Waals surface area contributed by atoms with Crippen molar-refractivity contribution >= 4 is 0 Å². The Hall–Kier alpha value is -1.65. The van der Waals surface area contributed by atoms with Crippen LogP contribution in [0.15, 0.2) is 34.9 Å². The van der Waals surface area contributed by atoms with Crippen LogP contribution in [-0.4, -0.2) is 36.6 Å². The maximum atomic E-state index is 6.08. The number of nitrogens with two attached hydrogens (primary N) is 1. The lowest BCUT2D eigenvalue weighted by atomic mass is 9.76. The third kappa shape index (κ3) is 2.74. The number of piperidine rings is 1. The Bertz CT molecular complexity index is 595. The second kappa shape index (κ2) is 5.62. The fourth-order valence-electron chi connectivity index (χ4n) is 2.96. The standard InChI is InChI=1S/C17H23N3O/c1-13-3-5-14(6-4-13)16-19-15(11-21-16)17(12-18)7-9-20(2)10-8-17/h3-6,11H,7-10,12,18H2,1-2H3. The molecule has 0 radical (unpaired) electrons. The SMILES string of the molecule is Cc1ccc(-c2nc(C3(CN)CCN(C)CC3)co2)cc1. The number of nitrogens with zero attached hydrogens (tertiary/aromatic N) is 2. The number of rotatable bonds is 3. The summed E-state index contributed by atoms with van der Waals surface area (Å²) >= 11 is 0. The summed E-state index contributed by atoms with van der Waals surface area (Å²) in [6.07, 6.45) is 3.88. The van der Waals surface area contributed by atoms with Gasteiger partial charge in [0.15, 0.2) is 0 Å². The van der Waals surface area contributed by atoms with Gasteiger partial charge in [-0.25, -0.2) is 4.98 Å². The number of oxazole rings is 1. The molecule has 2 aromatic rings. The van der Waals surface area contributed by atoms with Gasteiger partial charge in [0.1, 0.15) is 6.26 Å². The van der Waals surface area contributed by atoms with E-state index in [2.05, 4.69) is 43.1 Å². The number of likely N-dealkylation sites (tertiary alicyclic amines) is 1. The van der Waals surface area contributed by atoms with Crippen molar-refractivity contribution < 1.29 is 4.42 Å². The molecule has 0 amide bonds. The van der Waals surface area contributed by atoms with Crippen LogP contribution in [0.25, 0.3) is 11.5 Å². The van der Waals surface area contributed by atoms with Gasteiger partial charge < -0.3 is 15.1 Å². The summed E-state index contributed by atoms with van der Waals surface area (Å²) in [4.78, 5) is 7.08. The predicted octanol–water partition coefficient (Wildman–Crippen LogP) is 2.57. The molecule has 4 nitrogen and oxygen atoms in total. The van der Waals surface area contributed by atoms with Crippen molar-refractivity contribution in [3.8, 4) is 11.5 Å². The minimum absolute atomic E-state index is 0.0288. The molecule has 2 heterocycles. The average molecular weight is 285 g/mol. The molecular formula is C17H23N3O. The topological polar surface area (TPSA) is 55.3 Å². The predicted molar refractivity (Wildman–Crippen MR) is 84.1 cm³/mol. The molecule has 1 aromatic heterocycles. The van der Waals surface area contributed by atoms with Gasteiger partial charge in [0.2, 0.25) is 5.89 Å². The summed E-state index contributed by atoms with van der Waals surface area (Å²) in [6, 6.07) is 8.25. The Kier molecular flexibility index (Phi) is 3.83. The van der Waals surface area contributed by atoms with Crippen LogP contribution in [-0.2, 0) is 5.41 Å². The number of aromatic nitrogens is 1. The van der Waals surface area contributed by atoms with Gasteiger partial charge in [-0.2, -0.15) is 0 Å². The summed E-state index contributed by atoms with van der Waals surface area (Å²) in [5, 5.41) is 0. The van der Waals surface area contributed by atoms with E-state index in [1.54, 1.807) is 6.26 Å². The first kappa shape index (κ1) is 14.3. The van der Waals surface area contributed by atoms with Crippen LogP contribution in [0.5, 0.6) is 0 Å². The first-order chi connectivity index (χ1) is 10.1. The zero-order valence-corrected chi connectivity index (χ0v) is 12.8. The van der Waals surface area contributed by atoms with Gasteiger partial charge in [-0.1, -0.05) is 17.7 Å². The fourth-order valence-corrected chi connectivity index (χ4v) is 2.96. The Morgan fingerprint density at radius 2 is 1.90 bits per heavy atom. The van der Waals surface area contributed by atoms with E-state index in [-0.39, 0.29) is 5.41 Å². The minimum Gasteiger partial charge on any atom is -0.444 e. The van der Waals surface area contributed by atoms with Crippen molar-refractivity contribution in [1.29, 1.82) is 0 Å². The van der Waals surface area contributed by atoms with E-state index in [1.165, 1.54) is 5.56 Å². The molecular weight excluding hydrogens is 262 g/mol. The smallest absolute Gasteiger partial charge is 0.226 e. The summed E-state index contributed by atoms with van der Waals surface area (Å²) < 4.78 is 5.72. The molecule has 2 N–H and O–H groups in total. The van der Waals surface area contributed by atoms with E-state index < -0.39 is 0 Å². The zero-order valence-electron chi connectivity index (χ0n) is 12.8. The molecule has 1 saturated heterocycles. The summed E-state index contributed by atoms with van der Waals surface area (Å²) in [5.41, 5.74) is 9.32. The van der Waals surface area contributed by atoms with Crippen LogP contribution < -0.4 is 5.73 Å². The normalized spacial score (nSPS) is 18.8. The van der Waals surface area contributed by atoms with Crippen LogP contribution in [0.2, 0.25) is 0 Å². The molecule has 0 bridgehead atoms. The lowest BCUT2D eigenvalue weighted by molar-refractivity contribution is 0.188. The van der Waals surface area contributed by atoms with E-state index in [9.17, 15) is 0 Å². The zero-order chi connectivity index (χ0) is 14.9. The third-order valence-corrected chi connectivity index (χ3v) is 4.68. The molecule has 0 unspecified atom stereocenters. The number of aryl methyl sites for hydroxylation is 1. The first-order valence-electron chi connectivity index (χ1n) is 7.55. The van der Waals surface area contributed by atoms with Crippen LogP contribution in [0, 0.1) is 6.92 Å². The molecule has 1 aliphatic rings. The van der Waals surface area contributed by atoms with Gasteiger partial charge in [-0.05, 0) is 52.0 Å². The van der Waals surface area contributed by atoms with E-state index in [0.717, 1.165) is 37.2 Å². The first-order valence-corrected chi connectivity index (χ1v) is 7.55. The van der Waals surface area contributed by atoms with Gasteiger partial charge in [-0.15, -0.1) is 0 Å². The number of benzene rings is 1. The van der Waals surface area contributed by atoms with Crippen molar-refractivity contribution in [1.82, 2.24) is 9.88 Å². The lowest BCUT2D eigenvalue weighted by Crippen LogP contribution is -2.45. The van der Waals surface area contributed by atoms with E-state index >= 15 is 0 Å². The molecule has 0 atom stereocenters. The highest BCUT2D eigenvalue weighted by molar-refractivity contribution is 5.54. The van der Waals surface area contributed by atoms with E-state index in [1.807, 2.05) is 0 Å². The number of hydrogen-bond donors (Lipinski definition) is 1. The molecule has 0 aliphatic carbocycles. The Labute approximate surface area is 126 Å². The van der Waals surface area contributed by atoms with Crippen molar-refractivity contribution in [3.63, 3.8) is 0 Å². The number of hydrogen-bond acceptors (Lipinski definition) is 4. The van der Waals surface area contributed by atoms with Crippen LogP contribution >= 0.6 is 0 Å². The molecule has 0 saturated carbocycles. The summed E-state index contributed by atoms with van der Waals surface area (Å²) in [7, 11) is 2.15. The second-order valence-electron chi connectivity index (χ2n) is 6.19. The molecule has 1 aromatic carbocycles. The largest absolute Gasteiger partial charge is 0.444 e. The fraction of sp³-hybridized carbons (Fsp3) is 0.471. The van der Waals surface area contributed by atoms with Gasteiger partial charge in [0, 0.05) is 17.5 Å². The average Bonchev–Trinajstić information content (AvgIpc) is 3.00. The van der Waals surface area contributed by atoms with Crippen LogP contribution in [0.1, 0.15) is 24.1 Å². The Morgan fingerprint density at radius 1 is 1.24 bits per heavy atom. The highest BCUT2D eigenvalue weighted by Crippen LogP contribution is 2.35. The van der Waals surface area contributed by atoms with Gasteiger partial charge in [-0.3, -0.25) is 0 Å². The van der Waals surface area contributed by atoms with Gasteiger partial charge in [0.25, 0.3) is 0 Å². The van der Waals surface area contributed by atoms with Crippen LogP contribution in [0.4, 0.5) is 0 Å². The van der Waals surface area contributed by atoms with Crippen LogP contribution in [0.3, 0.4) is 0 Å². The van der Waals surface area contributed by atoms with E-state index in [4.69, 9.17) is 15.1 Å². The lowest BCUT2D eigenvalue weighted by Gasteiger charge is -2.38. The molecule has 21 heavy (non-hydrogen) atoms. The Balaban J connectivity index is 1.88. The third-order valence-electron chi connectivity index (χ3n) is 4.68. The maximum Gasteiger partial charge on any atom is 0.226 e. The van der Waals surface area contributed by atoms with Gasteiger partial charge in [0.05, 0.1) is 5.69 Å². The Morgan fingerprint density at radius 3 is 2.52 bits per heavy atom. The van der Waals surface area contributed by atoms with Crippen molar-refractivity contribution in [2.75, 3.05) is 26.7 Å². The maximum absolute atomic E-state index is 6.08. The highest BCUT2D eigenvalue weighted by atomic mass is 16.3. The molecule has 112 valence electrons. The summed E-state index contributed by atoms with van der Waals surface area (Å²) in [5.74, 6) is 0.691. The molecule has 4 heteroatoms.